The van der Waals surface area contributed by atoms with Crippen LogP contribution in [-0.2, 0) is 16.1 Å². The fraction of sp³-hybridized carbons (Fsp3) is 0.700. The van der Waals surface area contributed by atoms with Gasteiger partial charge in [-0.2, -0.15) is 0 Å². The predicted octanol–water partition coefficient (Wildman–Crippen LogP) is 3.27. The number of aromatic nitrogens is 1. The summed E-state index contributed by atoms with van der Waals surface area (Å²) in [7, 11) is 1.71. The van der Waals surface area contributed by atoms with Gasteiger partial charge in [0, 0.05) is 32.6 Å². The number of hydrogen-bond acceptors (Lipinski definition) is 3. The number of nitrogens with zero attached hydrogens (tertiary/aromatic N) is 2. The fourth-order valence-electron chi connectivity index (χ4n) is 5.87. The van der Waals surface area contributed by atoms with Gasteiger partial charge in [-0.15, -0.1) is 0 Å². The van der Waals surface area contributed by atoms with Crippen LogP contribution in [0.15, 0.2) is 24.5 Å². The topological polar surface area (TPSA) is 42.4 Å². The van der Waals surface area contributed by atoms with Crippen LogP contribution in [0.4, 0.5) is 0 Å². The summed E-state index contributed by atoms with van der Waals surface area (Å²) in [5.74, 6) is 2.76. The number of pyridine rings is 1. The molecule has 5 rings (SSSR count). The molecule has 0 aromatic carbocycles. The number of carbonyl (C=O) groups is 1. The third-order valence-electron chi connectivity index (χ3n) is 6.44. The van der Waals surface area contributed by atoms with E-state index in [0.717, 1.165) is 42.6 Å². The lowest BCUT2D eigenvalue weighted by Crippen LogP contribution is -2.54. The summed E-state index contributed by atoms with van der Waals surface area (Å²) in [6.07, 6.45) is 11.1. The van der Waals surface area contributed by atoms with Crippen molar-refractivity contribution in [1.82, 2.24) is 9.88 Å². The first-order valence-electron chi connectivity index (χ1n) is 9.36. The Morgan fingerprint density at radius 2 is 1.92 bits per heavy atom. The Balaban J connectivity index is 1.54. The van der Waals surface area contributed by atoms with Gasteiger partial charge in [-0.25, -0.2) is 0 Å². The summed E-state index contributed by atoms with van der Waals surface area (Å²) in [5, 5.41) is 0. The molecule has 4 saturated carbocycles. The quantitative estimate of drug-likeness (QED) is 0.805. The van der Waals surface area contributed by atoms with E-state index in [2.05, 4.69) is 11.1 Å². The van der Waals surface area contributed by atoms with Crippen molar-refractivity contribution in [3.05, 3.63) is 30.1 Å². The van der Waals surface area contributed by atoms with E-state index in [1.807, 2.05) is 17.2 Å². The Hall–Kier alpha value is -1.42. The zero-order valence-electron chi connectivity index (χ0n) is 14.6. The van der Waals surface area contributed by atoms with Gasteiger partial charge in [0.15, 0.2) is 0 Å². The van der Waals surface area contributed by atoms with Gasteiger partial charge >= 0.3 is 0 Å². The van der Waals surface area contributed by atoms with Crippen LogP contribution < -0.4 is 0 Å². The summed E-state index contributed by atoms with van der Waals surface area (Å²) < 4.78 is 5.27. The minimum Gasteiger partial charge on any atom is -0.383 e. The molecule has 1 amide bonds. The van der Waals surface area contributed by atoms with Crippen molar-refractivity contribution in [2.45, 2.75) is 45.1 Å². The van der Waals surface area contributed by atoms with Gasteiger partial charge in [0.1, 0.15) is 0 Å². The van der Waals surface area contributed by atoms with Gasteiger partial charge in [-0.3, -0.25) is 9.78 Å². The summed E-state index contributed by atoms with van der Waals surface area (Å²) in [6.45, 7) is 1.92. The van der Waals surface area contributed by atoms with E-state index in [-0.39, 0.29) is 5.41 Å². The van der Waals surface area contributed by atoms with E-state index >= 15 is 0 Å². The fourth-order valence-corrected chi connectivity index (χ4v) is 5.87. The van der Waals surface area contributed by atoms with Crippen molar-refractivity contribution in [2.24, 2.45) is 23.2 Å². The van der Waals surface area contributed by atoms with E-state index < -0.39 is 0 Å². The van der Waals surface area contributed by atoms with Gasteiger partial charge in [-0.1, -0.05) is 6.07 Å². The van der Waals surface area contributed by atoms with Crippen LogP contribution in [0.1, 0.15) is 44.1 Å². The highest BCUT2D eigenvalue weighted by Gasteiger charge is 2.55. The van der Waals surface area contributed by atoms with Gasteiger partial charge < -0.3 is 9.64 Å². The molecule has 0 aliphatic heterocycles. The lowest BCUT2D eigenvalue weighted by atomic mass is 9.49. The van der Waals surface area contributed by atoms with Crippen molar-refractivity contribution < 1.29 is 9.53 Å². The first-order chi connectivity index (χ1) is 11.7. The first kappa shape index (κ1) is 16.1. The number of amides is 1. The molecule has 0 N–H and O–H groups in total. The summed E-state index contributed by atoms with van der Waals surface area (Å²) >= 11 is 0. The van der Waals surface area contributed by atoms with Crippen LogP contribution in [0.25, 0.3) is 0 Å². The van der Waals surface area contributed by atoms with E-state index in [1.54, 1.807) is 13.3 Å². The molecule has 0 atom stereocenters. The molecule has 1 heterocycles. The Morgan fingerprint density at radius 3 is 2.46 bits per heavy atom. The van der Waals surface area contributed by atoms with Crippen molar-refractivity contribution in [3.63, 3.8) is 0 Å². The monoisotopic (exact) mass is 328 g/mol. The highest BCUT2D eigenvalue weighted by Crippen LogP contribution is 2.60. The Labute approximate surface area is 144 Å². The molecule has 4 aliphatic rings. The number of hydrogen-bond donors (Lipinski definition) is 0. The van der Waals surface area contributed by atoms with E-state index in [9.17, 15) is 4.79 Å². The maximum Gasteiger partial charge on any atom is 0.229 e. The number of methoxy groups -OCH3 is 1. The van der Waals surface area contributed by atoms with Crippen molar-refractivity contribution in [2.75, 3.05) is 20.3 Å². The summed E-state index contributed by atoms with van der Waals surface area (Å²) in [5.41, 5.74) is 1.02. The molecule has 4 bridgehead atoms. The second-order valence-electron chi connectivity index (χ2n) is 8.28. The average Bonchev–Trinajstić information content (AvgIpc) is 2.57. The molecule has 0 spiro atoms. The Kier molecular flexibility index (Phi) is 4.33. The van der Waals surface area contributed by atoms with Crippen LogP contribution in [0.3, 0.4) is 0 Å². The molecule has 4 nitrogen and oxygen atoms in total. The molecule has 0 saturated heterocycles. The third-order valence-corrected chi connectivity index (χ3v) is 6.44. The zero-order chi connectivity index (χ0) is 16.6. The van der Waals surface area contributed by atoms with Gasteiger partial charge in [0.2, 0.25) is 5.91 Å². The number of carbonyl (C=O) groups excluding carboxylic acids is 1. The minimum atomic E-state index is -0.0787. The van der Waals surface area contributed by atoms with E-state index in [1.165, 1.54) is 19.3 Å². The maximum atomic E-state index is 13.6. The minimum absolute atomic E-state index is 0.0787. The van der Waals surface area contributed by atoms with Crippen molar-refractivity contribution >= 4 is 5.91 Å². The van der Waals surface area contributed by atoms with Crippen LogP contribution in [0.2, 0.25) is 0 Å². The zero-order valence-corrected chi connectivity index (χ0v) is 14.6. The van der Waals surface area contributed by atoms with Crippen molar-refractivity contribution in [1.29, 1.82) is 0 Å². The molecule has 1 aromatic heterocycles. The lowest BCUT2D eigenvalue weighted by Gasteiger charge is -2.56. The van der Waals surface area contributed by atoms with Crippen LogP contribution in [-0.4, -0.2) is 36.1 Å². The van der Waals surface area contributed by atoms with Crippen LogP contribution >= 0.6 is 0 Å². The highest BCUT2D eigenvalue weighted by atomic mass is 16.5. The molecule has 4 aliphatic carbocycles. The van der Waals surface area contributed by atoms with Gasteiger partial charge in [-0.05, 0) is 67.9 Å². The number of rotatable bonds is 6. The maximum absolute atomic E-state index is 13.6. The third kappa shape index (κ3) is 2.97. The molecular formula is C20H28N2O2. The SMILES string of the molecule is COCCN(Cc1cccnc1)C(=O)C12CC3CC(CC(C3)C1)C2. The molecule has 0 unspecified atom stereocenters. The summed E-state index contributed by atoms with van der Waals surface area (Å²) in [6, 6.07) is 4.00. The van der Waals surface area contributed by atoms with Crippen LogP contribution in [0.5, 0.6) is 0 Å². The van der Waals surface area contributed by atoms with E-state index in [0.29, 0.717) is 25.6 Å². The normalized spacial score (nSPS) is 33.6. The number of ether oxygens (including phenoxy) is 1. The molecule has 4 heteroatoms. The molecule has 4 fully saturated rings. The van der Waals surface area contributed by atoms with E-state index in [4.69, 9.17) is 4.74 Å². The van der Waals surface area contributed by atoms with Crippen LogP contribution in [0, 0.1) is 23.2 Å². The second kappa shape index (κ2) is 6.47. The lowest BCUT2D eigenvalue weighted by molar-refractivity contribution is -0.159. The smallest absolute Gasteiger partial charge is 0.229 e. The Bertz CT molecular complexity index is 551. The average molecular weight is 328 g/mol. The predicted molar refractivity (Wildman–Crippen MR) is 92.1 cm³/mol. The molecule has 1 aromatic rings. The highest BCUT2D eigenvalue weighted by molar-refractivity contribution is 5.83. The van der Waals surface area contributed by atoms with Crippen molar-refractivity contribution in [3.8, 4) is 0 Å². The second-order valence-corrected chi connectivity index (χ2v) is 8.28. The molecule has 130 valence electrons. The van der Waals surface area contributed by atoms with Gasteiger partial charge in [0.05, 0.1) is 12.0 Å². The Morgan fingerprint density at radius 1 is 1.25 bits per heavy atom. The first-order valence-corrected chi connectivity index (χ1v) is 9.36. The standard InChI is InChI=1S/C20H28N2O2/c1-24-6-5-22(14-15-3-2-4-21-13-15)19(23)20-10-16-7-17(11-20)9-18(8-16)12-20/h2-4,13,16-18H,5-12,14H2,1H3. The van der Waals surface area contributed by atoms with Gasteiger partial charge in [0.25, 0.3) is 0 Å². The largest absolute Gasteiger partial charge is 0.383 e. The molecule has 0 radical (unpaired) electrons. The summed E-state index contributed by atoms with van der Waals surface area (Å²) in [4.78, 5) is 19.8. The molecular weight excluding hydrogens is 300 g/mol. The molecule has 24 heavy (non-hydrogen) atoms.